The van der Waals surface area contributed by atoms with E-state index in [2.05, 4.69) is 11.4 Å². The quantitative estimate of drug-likeness (QED) is 0.783. The minimum atomic E-state index is -0.740. The lowest BCUT2D eigenvalue weighted by molar-refractivity contribution is -0.143. The predicted molar refractivity (Wildman–Crippen MR) is 81.1 cm³/mol. The normalized spacial score (nSPS) is 20.6. The summed E-state index contributed by atoms with van der Waals surface area (Å²) in [5.74, 6) is -1.03. The van der Waals surface area contributed by atoms with Crippen molar-refractivity contribution in [2.75, 3.05) is 19.6 Å². The lowest BCUT2D eigenvalue weighted by atomic mass is 9.97. The van der Waals surface area contributed by atoms with Crippen molar-refractivity contribution in [3.05, 3.63) is 11.6 Å². The molecular weight excluding hydrogens is 268 g/mol. The second-order valence-electron chi connectivity index (χ2n) is 6.04. The van der Waals surface area contributed by atoms with Crippen molar-refractivity contribution in [2.24, 2.45) is 5.92 Å². The number of amides is 2. The molecule has 2 amide bonds. The first kappa shape index (κ1) is 15.9. The Balaban J connectivity index is 1.66. The van der Waals surface area contributed by atoms with Crippen molar-refractivity contribution >= 4 is 12.0 Å². The van der Waals surface area contributed by atoms with Gasteiger partial charge in [0, 0.05) is 19.6 Å². The highest BCUT2D eigenvalue weighted by atomic mass is 16.4. The number of carboxylic acid groups (broad SMARTS) is 1. The largest absolute Gasteiger partial charge is 0.481 e. The topological polar surface area (TPSA) is 69.6 Å². The first-order chi connectivity index (χ1) is 10.2. The maximum absolute atomic E-state index is 12.0. The van der Waals surface area contributed by atoms with Crippen molar-refractivity contribution < 1.29 is 14.7 Å². The van der Waals surface area contributed by atoms with Crippen LogP contribution in [0, 0.1) is 5.92 Å². The fourth-order valence-electron chi connectivity index (χ4n) is 3.08. The summed E-state index contributed by atoms with van der Waals surface area (Å²) in [5, 5.41) is 11.9. The van der Waals surface area contributed by atoms with Gasteiger partial charge >= 0.3 is 12.0 Å². The third-order valence-electron chi connectivity index (χ3n) is 4.49. The first-order valence-electron chi connectivity index (χ1n) is 8.10. The summed E-state index contributed by atoms with van der Waals surface area (Å²) in [6, 6.07) is -0.0481. The van der Waals surface area contributed by atoms with Gasteiger partial charge in [-0.2, -0.15) is 0 Å². The number of rotatable bonds is 4. The standard InChI is InChI=1S/C16H26N2O3/c19-15(20)14-8-11-18(12-9-14)16(21)17-10-7-13-5-3-1-2-4-6-13/h5,14H,1-4,6-12H2,(H,17,21)(H,19,20). The van der Waals surface area contributed by atoms with E-state index in [0.717, 1.165) is 6.42 Å². The highest BCUT2D eigenvalue weighted by Gasteiger charge is 2.26. The Bertz CT molecular complexity index is 398. The molecule has 0 radical (unpaired) electrons. The zero-order valence-electron chi connectivity index (χ0n) is 12.6. The van der Waals surface area contributed by atoms with Crippen LogP contribution in [0.15, 0.2) is 11.6 Å². The van der Waals surface area contributed by atoms with Crippen LogP contribution in [0.4, 0.5) is 4.79 Å². The summed E-state index contributed by atoms with van der Waals surface area (Å²) in [6.45, 7) is 1.78. The number of carbonyl (C=O) groups is 2. The molecule has 2 rings (SSSR count). The van der Waals surface area contributed by atoms with E-state index < -0.39 is 5.97 Å². The number of nitrogens with one attached hydrogen (secondary N) is 1. The fraction of sp³-hybridized carbons (Fsp3) is 0.750. The highest BCUT2D eigenvalue weighted by molar-refractivity contribution is 5.75. The van der Waals surface area contributed by atoms with Crippen LogP contribution in [0.25, 0.3) is 0 Å². The average molecular weight is 294 g/mol. The average Bonchev–Trinajstić information content (AvgIpc) is 2.76. The minimum absolute atomic E-state index is 0.0481. The Hall–Kier alpha value is -1.52. The second kappa shape index (κ2) is 8.05. The van der Waals surface area contributed by atoms with Gasteiger partial charge in [0.2, 0.25) is 0 Å². The summed E-state index contributed by atoms with van der Waals surface area (Å²) in [5.41, 5.74) is 1.47. The van der Waals surface area contributed by atoms with Gasteiger partial charge < -0.3 is 15.3 Å². The lowest BCUT2D eigenvalue weighted by Gasteiger charge is -2.30. The predicted octanol–water partition coefficient (Wildman–Crippen LogP) is 2.77. The first-order valence-corrected chi connectivity index (χ1v) is 8.10. The molecule has 5 heteroatoms. The molecule has 0 unspecified atom stereocenters. The van der Waals surface area contributed by atoms with E-state index >= 15 is 0 Å². The van der Waals surface area contributed by atoms with E-state index in [1.54, 1.807) is 4.90 Å². The van der Waals surface area contributed by atoms with Gasteiger partial charge in [-0.15, -0.1) is 0 Å². The fourth-order valence-corrected chi connectivity index (χ4v) is 3.08. The molecule has 1 aliphatic heterocycles. The van der Waals surface area contributed by atoms with E-state index in [0.29, 0.717) is 32.5 Å². The van der Waals surface area contributed by atoms with Crippen LogP contribution in [-0.4, -0.2) is 41.6 Å². The highest BCUT2D eigenvalue weighted by Crippen LogP contribution is 2.19. The van der Waals surface area contributed by atoms with Crippen LogP contribution in [0.2, 0.25) is 0 Å². The molecule has 21 heavy (non-hydrogen) atoms. The van der Waals surface area contributed by atoms with Gasteiger partial charge in [0.05, 0.1) is 5.92 Å². The monoisotopic (exact) mass is 294 g/mol. The number of urea groups is 1. The van der Waals surface area contributed by atoms with Crippen molar-refractivity contribution in [3.63, 3.8) is 0 Å². The van der Waals surface area contributed by atoms with Gasteiger partial charge in [0.15, 0.2) is 0 Å². The van der Waals surface area contributed by atoms with Gasteiger partial charge in [0.25, 0.3) is 0 Å². The summed E-state index contributed by atoms with van der Waals surface area (Å²) >= 11 is 0. The maximum Gasteiger partial charge on any atom is 0.317 e. The Kier molecular flexibility index (Phi) is 6.08. The molecule has 1 aliphatic carbocycles. The molecule has 118 valence electrons. The smallest absolute Gasteiger partial charge is 0.317 e. The van der Waals surface area contributed by atoms with Gasteiger partial charge in [0.1, 0.15) is 0 Å². The molecule has 0 bridgehead atoms. The van der Waals surface area contributed by atoms with Gasteiger partial charge in [-0.05, 0) is 44.9 Å². The van der Waals surface area contributed by atoms with E-state index in [1.165, 1.54) is 37.7 Å². The van der Waals surface area contributed by atoms with Gasteiger partial charge in [-0.1, -0.05) is 18.1 Å². The molecule has 1 heterocycles. The van der Waals surface area contributed by atoms with Crippen molar-refractivity contribution in [3.8, 4) is 0 Å². The maximum atomic E-state index is 12.0. The van der Waals surface area contributed by atoms with Crippen molar-refractivity contribution in [2.45, 2.75) is 51.4 Å². The third-order valence-corrected chi connectivity index (χ3v) is 4.49. The molecule has 2 aliphatic rings. The van der Waals surface area contributed by atoms with Crippen molar-refractivity contribution in [1.29, 1.82) is 0 Å². The molecule has 0 spiro atoms. The Morgan fingerprint density at radius 2 is 2.00 bits per heavy atom. The summed E-state index contributed by atoms with van der Waals surface area (Å²) < 4.78 is 0. The van der Waals surface area contributed by atoms with Crippen LogP contribution in [0.3, 0.4) is 0 Å². The zero-order valence-corrected chi connectivity index (χ0v) is 12.6. The van der Waals surface area contributed by atoms with Crippen LogP contribution in [0.1, 0.15) is 51.4 Å². The molecule has 0 atom stereocenters. The number of piperidine rings is 1. The van der Waals surface area contributed by atoms with Crippen LogP contribution in [0.5, 0.6) is 0 Å². The number of carboxylic acids is 1. The number of hydrogen-bond donors (Lipinski definition) is 2. The molecule has 0 saturated carbocycles. The number of likely N-dealkylation sites (tertiary alicyclic amines) is 1. The summed E-state index contributed by atoms with van der Waals surface area (Å²) in [4.78, 5) is 24.6. The summed E-state index contributed by atoms with van der Waals surface area (Å²) in [7, 11) is 0. The van der Waals surface area contributed by atoms with Crippen LogP contribution < -0.4 is 5.32 Å². The zero-order chi connectivity index (χ0) is 15.1. The molecule has 1 fully saturated rings. The number of aliphatic carboxylic acids is 1. The Labute approximate surface area is 126 Å². The van der Waals surface area contributed by atoms with Gasteiger partial charge in [-0.25, -0.2) is 4.79 Å². The molecule has 1 saturated heterocycles. The molecule has 5 nitrogen and oxygen atoms in total. The van der Waals surface area contributed by atoms with E-state index in [4.69, 9.17) is 5.11 Å². The molecule has 0 aromatic carbocycles. The number of carbonyl (C=O) groups excluding carboxylic acids is 1. The molecule has 0 aromatic rings. The Morgan fingerprint density at radius 3 is 2.71 bits per heavy atom. The molecular formula is C16H26N2O3. The SMILES string of the molecule is O=C(O)C1CCN(C(=O)NCCC2=CCCCCC2)CC1. The summed E-state index contributed by atoms with van der Waals surface area (Å²) in [6.07, 6.45) is 10.6. The Morgan fingerprint density at radius 1 is 1.24 bits per heavy atom. The van der Waals surface area contributed by atoms with Crippen LogP contribution in [-0.2, 0) is 4.79 Å². The van der Waals surface area contributed by atoms with Crippen molar-refractivity contribution in [1.82, 2.24) is 10.2 Å². The molecule has 2 N–H and O–H groups in total. The van der Waals surface area contributed by atoms with E-state index in [1.807, 2.05) is 0 Å². The lowest BCUT2D eigenvalue weighted by Crippen LogP contribution is -2.45. The van der Waals surface area contributed by atoms with Crippen LogP contribution >= 0.6 is 0 Å². The second-order valence-corrected chi connectivity index (χ2v) is 6.04. The molecule has 0 aromatic heterocycles. The minimum Gasteiger partial charge on any atom is -0.481 e. The number of nitrogens with zero attached hydrogens (tertiary/aromatic N) is 1. The van der Waals surface area contributed by atoms with Gasteiger partial charge in [-0.3, -0.25) is 4.79 Å². The van der Waals surface area contributed by atoms with E-state index in [9.17, 15) is 9.59 Å². The number of hydrogen-bond acceptors (Lipinski definition) is 2. The van der Waals surface area contributed by atoms with E-state index in [-0.39, 0.29) is 11.9 Å². The number of allylic oxidation sites excluding steroid dienone is 1. The third kappa shape index (κ3) is 5.06.